The Balaban J connectivity index is 1.85. The molecule has 0 aliphatic heterocycles. The van der Waals surface area contributed by atoms with Gasteiger partial charge in [0.25, 0.3) is 23.5 Å². The molecular weight excluding hydrogens is 500 g/mol. The van der Waals surface area contributed by atoms with Crippen molar-refractivity contribution in [3.63, 3.8) is 0 Å². The van der Waals surface area contributed by atoms with E-state index in [1.54, 1.807) is 6.07 Å². The lowest BCUT2D eigenvalue weighted by Crippen LogP contribution is -2.61. The number of amides is 2. The van der Waals surface area contributed by atoms with Crippen LogP contribution in [-0.2, 0) is 11.8 Å². The molecule has 1 saturated carbocycles. The summed E-state index contributed by atoms with van der Waals surface area (Å²) in [5.41, 5.74) is -3.04. The first kappa shape index (κ1) is 23.5. The molecule has 1 heterocycles. The molecule has 168 valence electrons. The van der Waals surface area contributed by atoms with E-state index in [9.17, 15) is 27.6 Å². The number of halogens is 5. The molecule has 0 radical (unpaired) electrons. The Bertz CT molecular complexity index is 1190. The Morgan fingerprint density at radius 1 is 1.22 bits per heavy atom. The monoisotopic (exact) mass is 514 g/mol. The van der Waals surface area contributed by atoms with Gasteiger partial charge >= 0.3 is 0 Å². The molecule has 2 N–H and O–H groups in total. The third-order valence-electron chi connectivity index (χ3n) is 4.97. The van der Waals surface area contributed by atoms with Crippen LogP contribution in [0.3, 0.4) is 0 Å². The third-order valence-corrected chi connectivity index (χ3v) is 5.90. The summed E-state index contributed by atoms with van der Waals surface area (Å²) >= 11 is 2.97. The van der Waals surface area contributed by atoms with E-state index < -0.39 is 64.8 Å². The summed E-state index contributed by atoms with van der Waals surface area (Å²) in [4.78, 5) is 37.4. The molecule has 32 heavy (non-hydrogen) atoms. The number of carbonyl (C=O) groups is 3. The number of Topliss-reactive ketones (excluding diaryl/α,β-unsaturated/α-hetero) is 1. The number of rotatable bonds is 5. The molecule has 0 unspecified atom stereocenters. The van der Waals surface area contributed by atoms with Crippen LogP contribution >= 0.6 is 15.9 Å². The van der Waals surface area contributed by atoms with Gasteiger partial charge in [0.2, 0.25) is 0 Å². The fourth-order valence-electron chi connectivity index (χ4n) is 3.57. The number of nitrogens with zero attached hydrogens (tertiary/aromatic N) is 2. The number of anilines is 1. The minimum absolute atomic E-state index is 0.00544. The second-order valence-corrected chi connectivity index (χ2v) is 8.45. The van der Waals surface area contributed by atoms with Crippen molar-refractivity contribution in [1.29, 1.82) is 5.26 Å². The summed E-state index contributed by atoms with van der Waals surface area (Å²) in [6.07, 6.45) is -1.32. The third kappa shape index (κ3) is 4.25. The number of aromatic nitrogens is 1. The lowest BCUT2D eigenvalue weighted by molar-refractivity contribution is -0.140. The molecule has 1 aromatic heterocycles. The molecule has 0 saturated heterocycles. The molecule has 1 aromatic carbocycles. The molecule has 2 aromatic rings. The molecule has 7 nitrogen and oxygen atoms in total. The van der Waals surface area contributed by atoms with Crippen LogP contribution in [0.4, 0.5) is 23.2 Å². The lowest BCUT2D eigenvalue weighted by Gasteiger charge is -2.44. The normalized spacial score (nSPS) is 15.9. The summed E-state index contributed by atoms with van der Waals surface area (Å²) < 4.78 is 55.5. The maximum atomic E-state index is 15.0. The molecule has 0 atom stereocenters. The Morgan fingerprint density at radius 3 is 2.41 bits per heavy atom. The van der Waals surface area contributed by atoms with Crippen molar-refractivity contribution in [3.05, 3.63) is 51.3 Å². The average molecular weight is 515 g/mol. The van der Waals surface area contributed by atoms with Gasteiger partial charge in [-0.05, 0) is 41.1 Å². The summed E-state index contributed by atoms with van der Waals surface area (Å²) in [6, 6.07) is 4.73. The number of ketones is 1. The number of hydrogen-bond donors (Lipinski definition) is 2. The molecular formula is C20H15BrF4N4O3. The highest BCUT2D eigenvalue weighted by Gasteiger charge is 2.55. The fourth-order valence-corrected chi connectivity index (χ4v) is 4.10. The number of carbonyl (C=O) groups excluding carboxylic acids is 3. The van der Waals surface area contributed by atoms with Crippen molar-refractivity contribution in [2.45, 2.75) is 31.2 Å². The van der Waals surface area contributed by atoms with Gasteiger partial charge in [-0.15, -0.1) is 0 Å². The van der Waals surface area contributed by atoms with Gasteiger partial charge < -0.3 is 15.2 Å². The zero-order valence-electron chi connectivity index (χ0n) is 16.7. The van der Waals surface area contributed by atoms with Gasteiger partial charge in [-0.2, -0.15) is 5.26 Å². The summed E-state index contributed by atoms with van der Waals surface area (Å²) in [6.45, 7) is 1.34. The van der Waals surface area contributed by atoms with E-state index in [0.29, 0.717) is 0 Å². The van der Waals surface area contributed by atoms with Crippen molar-refractivity contribution >= 4 is 39.2 Å². The van der Waals surface area contributed by atoms with E-state index in [0.717, 1.165) is 22.8 Å². The first-order valence-electron chi connectivity index (χ1n) is 9.08. The van der Waals surface area contributed by atoms with Gasteiger partial charge in [0.15, 0.2) is 5.82 Å². The number of alkyl halides is 2. The van der Waals surface area contributed by atoms with E-state index >= 15 is 4.39 Å². The zero-order valence-corrected chi connectivity index (χ0v) is 18.2. The predicted octanol–water partition coefficient (Wildman–Crippen LogP) is 3.68. The minimum atomic E-state index is -2.96. The van der Waals surface area contributed by atoms with Crippen molar-refractivity contribution in [3.8, 4) is 6.07 Å². The highest BCUT2D eigenvalue weighted by atomic mass is 79.9. The van der Waals surface area contributed by atoms with E-state index in [2.05, 4.69) is 26.6 Å². The van der Waals surface area contributed by atoms with Crippen molar-refractivity contribution in [2.75, 3.05) is 5.32 Å². The summed E-state index contributed by atoms with van der Waals surface area (Å²) in [7, 11) is 1.25. The van der Waals surface area contributed by atoms with Crippen LogP contribution in [-0.4, -0.2) is 33.6 Å². The van der Waals surface area contributed by atoms with E-state index in [-0.39, 0.29) is 15.9 Å². The highest BCUT2D eigenvalue weighted by molar-refractivity contribution is 9.10. The SMILES string of the molecule is Cn1c(Br)c(C(=O)C(=O)NC2(C)CC(F)(F)C2)c(F)c1C(=O)Nc1ccc(F)c(C#N)c1. The van der Waals surface area contributed by atoms with Crippen molar-refractivity contribution in [2.24, 2.45) is 7.05 Å². The maximum absolute atomic E-state index is 15.0. The molecule has 0 spiro atoms. The van der Waals surface area contributed by atoms with Crippen molar-refractivity contribution in [1.82, 2.24) is 9.88 Å². The smallest absolute Gasteiger partial charge is 0.293 e. The summed E-state index contributed by atoms with van der Waals surface area (Å²) in [5, 5.41) is 13.3. The Hall–Kier alpha value is -3.20. The number of nitrogens with one attached hydrogen (secondary N) is 2. The Labute approximate surface area is 187 Å². The maximum Gasteiger partial charge on any atom is 0.293 e. The number of nitriles is 1. The molecule has 12 heteroatoms. The molecule has 3 rings (SSSR count). The van der Waals surface area contributed by atoms with Gasteiger partial charge in [0.05, 0.1) is 15.7 Å². The largest absolute Gasteiger partial charge is 0.344 e. The quantitative estimate of drug-likeness (QED) is 0.360. The second-order valence-electron chi connectivity index (χ2n) is 7.70. The van der Waals surface area contributed by atoms with Crippen LogP contribution < -0.4 is 10.6 Å². The highest BCUT2D eigenvalue weighted by Crippen LogP contribution is 2.45. The minimum Gasteiger partial charge on any atom is -0.344 e. The molecule has 1 aliphatic carbocycles. The van der Waals surface area contributed by atoms with Gasteiger partial charge in [-0.3, -0.25) is 14.4 Å². The standard InChI is InChI=1S/C20H15BrF4N4O3/c1-19(7-20(24,25)8-19)28-18(32)15(30)12-13(23)14(29(2)16(12)21)17(31)27-10-3-4-11(22)9(5-10)6-26/h3-5H,7-8H2,1-2H3,(H,27,31)(H,28,32). The van der Waals surface area contributed by atoms with E-state index in [4.69, 9.17) is 5.26 Å². The van der Waals surface area contributed by atoms with E-state index in [1.165, 1.54) is 14.0 Å². The van der Waals surface area contributed by atoms with Crippen LogP contribution in [0.1, 0.15) is 46.2 Å². The van der Waals surface area contributed by atoms with Crippen molar-refractivity contribution < 1.29 is 31.9 Å². The lowest BCUT2D eigenvalue weighted by atomic mass is 9.75. The van der Waals surface area contributed by atoms with Crippen LogP contribution in [0.5, 0.6) is 0 Å². The molecule has 0 bridgehead atoms. The second kappa shape index (κ2) is 8.05. The van der Waals surface area contributed by atoms with Crippen LogP contribution in [0, 0.1) is 23.0 Å². The Morgan fingerprint density at radius 2 is 1.84 bits per heavy atom. The zero-order chi connectivity index (χ0) is 24.0. The van der Waals surface area contributed by atoms with E-state index in [1.807, 2.05) is 0 Å². The topological polar surface area (TPSA) is 104 Å². The average Bonchev–Trinajstić information content (AvgIpc) is 2.89. The molecule has 1 aliphatic rings. The first-order chi connectivity index (χ1) is 14.8. The molecule has 2 amide bonds. The van der Waals surface area contributed by atoms with Gasteiger partial charge in [-0.25, -0.2) is 17.6 Å². The summed E-state index contributed by atoms with van der Waals surface area (Å²) in [5.74, 6) is -8.77. The first-order valence-corrected chi connectivity index (χ1v) is 9.87. The van der Waals surface area contributed by atoms with Gasteiger partial charge in [-0.1, -0.05) is 0 Å². The van der Waals surface area contributed by atoms with Gasteiger partial charge in [0, 0.05) is 31.1 Å². The number of hydrogen-bond acceptors (Lipinski definition) is 4. The van der Waals surface area contributed by atoms with Crippen LogP contribution in [0.2, 0.25) is 0 Å². The molecule has 1 fully saturated rings. The fraction of sp³-hybridized carbons (Fsp3) is 0.300. The van der Waals surface area contributed by atoms with Gasteiger partial charge in [0.1, 0.15) is 17.6 Å². The van der Waals surface area contributed by atoms with Crippen LogP contribution in [0.15, 0.2) is 22.8 Å². The van der Waals surface area contributed by atoms with Crippen LogP contribution in [0.25, 0.3) is 0 Å². The number of benzene rings is 1. The predicted molar refractivity (Wildman–Crippen MR) is 107 cm³/mol. The Kier molecular flexibility index (Phi) is 5.90.